The molecule has 0 aliphatic rings. The van der Waals surface area contributed by atoms with Gasteiger partial charge < -0.3 is 5.32 Å². The van der Waals surface area contributed by atoms with E-state index in [1.54, 1.807) is 12.1 Å². The molecule has 0 bridgehead atoms. The summed E-state index contributed by atoms with van der Waals surface area (Å²) < 4.78 is 13.8. The molecule has 2 unspecified atom stereocenters. The van der Waals surface area contributed by atoms with Gasteiger partial charge in [0.15, 0.2) is 0 Å². The van der Waals surface area contributed by atoms with Crippen LogP contribution in [0, 0.1) is 17.7 Å². The third kappa shape index (κ3) is 5.12. The van der Waals surface area contributed by atoms with Gasteiger partial charge in [0.05, 0.1) is 0 Å². The Morgan fingerprint density at radius 1 is 1.26 bits per heavy atom. The van der Waals surface area contributed by atoms with Gasteiger partial charge in [-0.1, -0.05) is 32.4 Å². The monoisotopic (exact) mass is 285 g/mol. The molecule has 2 atom stereocenters. The van der Waals surface area contributed by atoms with Gasteiger partial charge in [0, 0.05) is 11.1 Å². The quantitative estimate of drug-likeness (QED) is 0.767. The Morgan fingerprint density at radius 3 is 2.53 bits per heavy atom. The summed E-state index contributed by atoms with van der Waals surface area (Å²) in [6, 6.07) is 5.18. The van der Waals surface area contributed by atoms with Gasteiger partial charge in [0.25, 0.3) is 0 Å². The van der Waals surface area contributed by atoms with E-state index in [2.05, 4.69) is 33.0 Å². The van der Waals surface area contributed by atoms with Crippen molar-refractivity contribution < 1.29 is 4.39 Å². The van der Waals surface area contributed by atoms with E-state index >= 15 is 0 Å². The molecule has 0 amide bonds. The topological polar surface area (TPSA) is 12.0 Å². The number of benzene rings is 1. The van der Waals surface area contributed by atoms with Crippen LogP contribution in [0.3, 0.4) is 0 Å². The second-order valence-electron chi connectivity index (χ2n) is 5.59. The second kappa shape index (κ2) is 7.86. The summed E-state index contributed by atoms with van der Waals surface area (Å²) in [6.45, 7) is 9.72. The van der Waals surface area contributed by atoms with Gasteiger partial charge in [-0.05, 0) is 61.9 Å². The zero-order valence-electron chi connectivity index (χ0n) is 12.3. The third-order valence-electron chi connectivity index (χ3n) is 3.68. The van der Waals surface area contributed by atoms with Crippen LogP contribution in [-0.4, -0.2) is 12.6 Å². The SMILES string of the molecule is CCCNC(C)C(Cc1cc(Cl)ccc1F)C(C)C. The predicted molar refractivity (Wildman–Crippen MR) is 81.2 cm³/mol. The fraction of sp³-hybridized carbons (Fsp3) is 0.625. The number of nitrogens with one attached hydrogen (secondary N) is 1. The van der Waals surface area contributed by atoms with E-state index in [1.807, 2.05) is 0 Å². The van der Waals surface area contributed by atoms with Crippen molar-refractivity contribution in [1.82, 2.24) is 5.32 Å². The lowest BCUT2D eigenvalue weighted by molar-refractivity contribution is 0.286. The Hall–Kier alpha value is -0.600. The highest BCUT2D eigenvalue weighted by atomic mass is 35.5. The molecule has 1 aromatic carbocycles. The van der Waals surface area contributed by atoms with Crippen molar-refractivity contribution >= 4 is 11.6 Å². The first-order chi connectivity index (χ1) is 8.95. The molecule has 3 heteroatoms. The van der Waals surface area contributed by atoms with Crippen molar-refractivity contribution in [3.8, 4) is 0 Å². The first-order valence-corrected chi connectivity index (χ1v) is 7.50. The van der Waals surface area contributed by atoms with E-state index in [9.17, 15) is 4.39 Å². The molecular formula is C16H25ClFN. The zero-order valence-corrected chi connectivity index (χ0v) is 13.1. The van der Waals surface area contributed by atoms with Crippen molar-refractivity contribution in [3.05, 3.63) is 34.6 Å². The summed E-state index contributed by atoms with van der Waals surface area (Å²) in [7, 11) is 0. The number of hydrogen-bond donors (Lipinski definition) is 1. The van der Waals surface area contributed by atoms with Crippen LogP contribution in [0.25, 0.3) is 0 Å². The second-order valence-corrected chi connectivity index (χ2v) is 6.03. The van der Waals surface area contributed by atoms with Gasteiger partial charge in [-0.15, -0.1) is 0 Å². The maximum absolute atomic E-state index is 13.8. The fourth-order valence-corrected chi connectivity index (χ4v) is 2.66. The summed E-state index contributed by atoms with van der Waals surface area (Å²) in [6.07, 6.45) is 1.84. The van der Waals surface area contributed by atoms with E-state index in [1.165, 1.54) is 6.07 Å². The normalized spacial score (nSPS) is 14.7. The van der Waals surface area contributed by atoms with Gasteiger partial charge in [-0.3, -0.25) is 0 Å². The predicted octanol–water partition coefficient (Wildman–Crippen LogP) is 4.68. The summed E-state index contributed by atoms with van der Waals surface area (Å²) in [5, 5.41) is 4.12. The summed E-state index contributed by atoms with van der Waals surface area (Å²) in [5.41, 5.74) is 0.719. The minimum Gasteiger partial charge on any atom is -0.314 e. The molecule has 0 heterocycles. The van der Waals surface area contributed by atoms with Crippen LogP contribution in [0.5, 0.6) is 0 Å². The van der Waals surface area contributed by atoms with Crippen LogP contribution in [0.15, 0.2) is 18.2 Å². The molecule has 1 rings (SSSR count). The van der Waals surface area contributed by atoms with Crippen LogP contribution in [0.4, 0.5) is 4.39 Å². The minimum absolute atomic E-state index is 0.155. The Bertz CT molecular complexity index is 392. The average Bonchev–Trinajstić information content (AvgIpc) is 2.36. The molecule has 0 fully saturated rings. The number of rotatable bonds is 7. The fourth-order valence-electron chi connectivity index (χ4n) is 2.47. The lowest BCUT2D eigenvalue weighted by Crippen LogP contribution is -2.38. The zero-order chi connectivity index (χ0) is 14.4. The Morgan fingerprint density at radius 2 is 1.95 bits per heavy atom. The molecule has 19 heavy (non-hydrogen) atoms. The van der Waals surface area contributed by atoms with E-state index in [-0.39, 0.29) is 5.82 Å². The van der Waals surface area contributed by atoms with E-state index in [4.69, 9.17) is 11.6 Å². The molecule has 1 N–H and O–H groups in total. The first-order valence-electron chi connectivity index (χ1n) is 7.13. The lowest BCUT2D eigenvalue weighted by Gasteiger charge is -2.28. The minimum atomic E-state index is -0.155. The molecule has 1 nitrogen and oxygen atoms in total. The summed E-state index contributed by atoms with van der Waals surface area (Å²) in [5.74, 6) is 0.745. The van der Waals surface area contributed by atoms with Crippen molar-refractivity contribution in [1.29, 1.82) is 0 Å². The largest absolute Gasteiger partial charge is 0.314 e. The molecule has 108 valence electrons. The maximum Gasteiger partial charge on any atom is 0.126 e. The van der Waals surface area contributed by atoms with Crippen LogP contribution < -0.4 is 5.32 Å². The summed E-state index contributed by atoms with van der Waals surface area (Å²) >= 11 is 5.96. The van der Waals surface area contributed by atoms with Gasteiger partial charge in [-0.2, -0.15) is 0 Å². The van der Waals surface area contributed by atoms with Crippen LogP contribution in [-0.2, 0) is 6.42 Å². The molecule has 0 spiro atoms. The van der Waals surface area contributed by atoms with Gasteiger partial charge in [-0.25, -0.2) is 4.39 Å². The number of hydrogen-bond acceptors (Lipinski definition) is 1. The third-order valence-corrected chi connectivity index (χ3v) is 3.91. The molecule has 0 aromatic heterocycles. The molecule has 0 aliphatic carbocycles. The maximum atomic E-state index is 13.8. The van der Waals surface area contributed by atoms with Gasteiger partial charge in [0.1, 0.15) is 5.82 Å². The van der Waals surface area contributed by atoms with Crippen molar-refractivity contribution in [3.63, 3.8) is 0 Å². The van der Waals surface area contributed by atoms with Crippen molar-refractivity contribution in [2.24, 2.45) is 11.8 Å². The van der Waals surface area contributed by atoms with E-state index in [0.29, 0.717) is 22.9 Å². The smallest absolute Gasteiger partial charge is 0.126 e. The Labute approximate surface area is 121 Å². The standard InChI is InChI=1S/C16H25ClFN/c1-5-8-19-12(4)15(11(2)3)10-13-9-14(17)6-7-16(13)18/h6-7,9,11-12,15,19H,5,8,10H2,1-4H3. The Kier molecular flexibility index (Phi) is 6.81. The molecular weight excluding hydrogens is 261 g/mol. The van der Waals surface area contributed by atoms with E-state index < -0.39 is 0 Å². The Balaban J connectivity index is 2.80. The van der Waals surface area contributed by atoms with Gasteiger partial charge >= 0.3 is 0 Å². The van der Waals surface area contributed by atoms with E-state index in [0.717, 1.165) is 24.9 Å². The summed E-state index contributed by atoms with van der Waals surface area (Å²) in [4.78, 5) is 0. The van der Waals surface area contributed by atoms with Gasteiger partial charge in [0.2, 0.25) is 0 Å². The molecule has 0 radical (unpaired) electrons. The highest BCUT2D eigenvalue weighted by molar-refractivity contribution is 6.30. The molecule has 0 aliphatic heterocycles. The molecule has 1 aromatic rings. The highest BCUT2D eigenvalue weighted by Gasteiger charge is 2.22. The van der Waals surface area contributed by atoms with Crippen molar-refractivity contribution in [2.45, 2.75) is 46.6 Å². The number of halogens is 2. The average molecular weight is 286 g/mol. The van der Waals surface area contributed by atoms with Crippen molar-refractivity contribution in [2.75, 3.05) is 6.54 Å². The molecule has 0 saturated carbocycles. The lowest BCUT2D eigenvalue weighted by atomic mass is 9.83. The molecule has 0 saturated heterocycles. The van der Waals surface area contributed by atoms with Crippen LogP contribution >= 0.6 is 11.6 Å². The first kappa shape index (κ1) is 16.5. The van der Waals surface area contributed by atoms with Crippen LogP contribution in [0.2, 0.25) is 5.02 Å². The highest BCUT2D eigenvalue weighted by Crippen LogP contribution is 2.24. The van der Waals surface area contributed by atoms with Crippen LogP contribution in [0.1, 0.15) is 39.7 Å².